The Morgan fingerprint density at radius 1 is 1.36 bits per heavy atom. The molecule has 0 aromatic rings. The van der Waals surface area contributed by atoms with Crippen LogP contribution in [0.5, 0.6) is 0 Å². The minimum atomic E-state index is 0.564. The molecule has 11 heavy (non-hydrogen) atoms. The SMILES string of the molecule is CC1(C)CCC([C@@H]2C[C@H]2N)C1. The van der Waals surface area contributed by atoms with Crippen molar-refractivity contribution < 1.29 is 0 Å². The van der Waals surface area contributed by atoms with E-state index in [9.17, 15) is 0 Å². The lowest BCUT2D eigenvalue weighted by atomic mass is 9.89. The summed E-state index contributed by atoms with van der Waals surface area (Å²) in [6.45, 7) is 4.78. The van der Waals surface area contributed by atoms with Crippen molar-refractivity contribution >= 4 is 0 Å². The van der Waals surface area contributed by atoms with Gasteiger partial charge in [-0.3, -0.25) is 0 Å². The summed E-state index contributed by atoms with van der Waals surface area (Å²) in [5.41, 5.74) is 6.45. The fourth-order valence-corrected chi connectivity index (χ4v) is 2.63. The molecule has 0 aromatic carbocycles. The van der Waals surface area contributed by atoms with E-state index in [0.717, 1.165) is 11.8 Å². The Morgan fingerprint density at radius 3 is 2.36 bits per heavy atom. The predicted molar refractivity (Wildman–Crippen MR) is 47.2 cm³/mol. The summed E-state index contributed by atoms with van der Waals surface area (Å²) in [4.78, 5) is 0. The Kier molecular flexibility index (Phi) is 1.54. The van der Waals surface area contributed by atoms with Crippen LogP contribution in [0.25, 0.3) is 0 Å². The minimum Gasteiger partial charge on any atom is -0.327 e. The molecule has 2 saturated carbocycles. The molecule has 0 aliphatic heterocycles. The highest BCUT2D eigenvalue weighted by Gasteiger charge is 2.45. The molecule has 0 spiro atoms. The smallest absolute Gasteiger partial charge is 0.00737 e. The van der Waals surface area contributed by atoms with Crippen LogP contribution in [0.1, 0.15) is 39.5 Å². The van der Waals surface area contributed by atoms with Gasteiger partial charge in [0.2, 0.25) is 0 Å². The first-order valence-corrected chi connectivity index (χ1v) is 4.84. The Morgan fingerprint density at radius 2 is 2.00 bits per heavy atom. The van der Waals surface area contributed by atoms with Gasteiger partial charge in [-0.1, -0.05) is 13.8 Å². The van der Waals surface area contributed by atoms with Crippen LogP contribution in [0.3, 0.4) is 0 Å². The quantitative estimate of drug-likeness (QED) is 0.614. The zero-order valence-corrected chi connectivity index (χ0v) is 7.64. The molecular formula is C10H19N. The third kappa shape index (κ3) is 1.44. The van der Waals surface area contributed by atoms with E-state index in [-0.39, 0.29) is 0 Å². The fourth-order valence-electron chi connectivity index (χ4n) is 2.63. The topological polar surface area (TPSA) is 26.0 Å². The molecular weight excluding hydrogens is 134 g/mol. The van der Waals surface area contributed by atoms with E-state index >= 15 is 0 Å². The molecule has 1 heteroatoms. The van der Waals surface area contributed by atoms with Crippen molar-refractivity contribution in [3.05, 3.63) is 0 Å². The van der Waals surface area contributed by atoms with E-state index < -0.39 is 0 Å². The van der Waals surface area contributed by atoms with E-state index in [2.05, 4.69) is 13.8 Å². The first-order valence-electron chi connectivity index (χ1n) is 4.84. The molecule has 2 fully saturated rings. The van der Waals surface area contributed by atoms with Gasteiger partial charge >= 0.3 is 0 Å². The van der Waals surface area contributed by atoms with Gasteiger partial charge in [-0.2, -0.15) is 0 Å². The number of hydrogen-bond donors (Lipinski definition) is 1. The molecule has 0 bridgehead atoms. The third-order valence-corrected chi connectivity index (χ3v) is 3.50. The largest absolute Gasteiger partial charge is 0.327 e. The van der Waals surface area contributed by atoms with Crippen molar-refractivity contribution in [2.75, 3.05) is 0 Å². The van der Waals surface area contributed by atoms with Crippen LogP contribution in [0.2, 0.25) is 0 Å². The van der Waals surface area contributed by atoms with Gasteiger partial charge in [0.1, 0.15) is 0 Å². The van der Waals surface area contributed by atoms with Crippen molar-refractivity contribution in [3.63, 3.8) is 0 Å². The molecule has 3 atom stereocenters. The Bertz CT molecular complexity index is 162. The van der Waals surface area contributed by atoms with Crippen molar-refractivity contribution in [2.45, 2.75) is 45.6 Å². The fraction of sp³-hybridized carbons (Fsp3) is 1.00. The van der Waals surface area contributed by atoms with Crippen LogP contribution in [-0.4, -0.2) is 6.04 Å². The van der Waals surface area contributed by atoms with Crippen molar-refractivity contribution in [1.82, 2.24) is 0 Å². The summed E-state index contributed by atoms with van der Waals surface area (Å²) >= 11 is 0. The van der Waals surface area contributed by atoms with Gasteiger partial charge in [-0.15, -0.1) is 0 Å². The second kappa shape index (κ2) is 2.22. The lowest BCUT2D eigenvalue weighted by Crippen LogP contribution is -2.10. The average Bonchev–Trinajstić information content (AvgIpc) is 2.49. The summed E-state index contributed by atoms with van der Waals surface area (Å²) in [5, 5.41) is 0. The van der Waals surface area contributed by atoms with Crippen LogP contribution in [0.4, 0.5) is 0 Å². The highest BCUT2D eigenvalue weighted by atomic mass is 14.8. The molecule has 0 aromatic heterocycles. The van der Waals surface area contributed by atoms with E-state index in [1.807, 2.05) is 0 Å². The Hall–Kier alpha value is -0.0400. The number of rotatable bonds is 1. The lowest BCUT2D eigenvalue weighted by molar-refractivity contribution is 0.346. The molecule has 1 nitrogen and oxygen atoms in total. The molecule has 0 saturated heterocycles. The lowest BCUT2D eigenvalue weighted by Gasteiger charge is -2.16. The second-order valence-electron chi connectivity index (χ2n) is 5.23. The molecule has 1 unspecified atom stereocenters. The molecule has 2 rings (SSSR count). The molecule has 2 N–H and O–H groups in total. The van der Waals surface area contributed by atoms with Gasteiger partial charge in [-0.05, 0) is 42.9 Å². The predicted octanol–water partition coefficient (Wildman–Crippen LogP) is 2.16. The maximum Gasteiger partial charge on any atom is 0.00737 e. The van der Waals surface area contributed by atoms with E-state index in [0.29, 0.717) is 11.5 Å². The van der Waals surface area contributed by atoms with E-state index in [4.69, 9.17) is 5.73 Å². The normalized spacial score (nSPS) is 47.7. The van der Waals surface area contributed by atoms with Crippen LogP contribution < -0.4 is 5.73 Å². The van der Waals surface area contributed by atoms with Gasteiger partial charge in [-0.25, -0.2) is 0 Å². The van der Waals surface area contributed by atoms with Gasteiger partial charge in [0.05, 0.1) is 0 Å². The van der Waals surface area contributed by atoms with Crippen molar-refractivity contribution in [1.29, 1.82) is 0 Å². The van der Waals surface area contributed by atoms with Gasteiger partial charge < -0.3 is 5.73 Å². The summed E-state index contributed by atoms with van der Waals surface area (Å²) in [7, 11) is 0. The maximum absolute atomic E-state index is 5.83. The number of hydrogen-bond acceptors (Lipinski definition) is 1. The second-order valence-corrected chi connectivity index (χ2v) is 5.23. The molecule has 2 aliphatic rings. The van der Waals surface area contributed by atoms with Gasteiger partial charge in [0.25, 0.3) is 0 Å². The maximum atomic E-state index is 5.83. The molecule has 0 heterocycles. The molecule has 0 radical (unpaired) electrons. The minimum absolute atomic E-state index is 0.564. The first-order chi connectivity index (χ1) is 5.08. The molecule has 64 valence electrons. The highest BCUT2D eigenvalue weighted by Crippen LogP contribution is 2.50. The molecule has 0 amide bonds. The van der Waals surface area contributed by atoms with E-state index in [1.165, 1.54) is 25.7 Å². The highest BCUT2D eigenvalue weighted by molar-refractivity contribution is 4.98. The van der Waals surface area contributed by atoms with Crippen LogP contribution >= 0.6 is 0 Å². The summed E-state index contributed by atoms with van der Waals surface area (Å²) < 4.78 is 0. The standard InChI is InChI=1S/C10H19N/c1-10(2)4-3-7(6-10)8-5-9(8)11/h7-9H,3-6,11H2,1-2H3/t7?,8-,9+/m0/s1. The van der Waals surface area contributed by atoms with Gasteiger partial charge in [0.15, 0.2) is 0 Å². The first kappa shape index (κ1) is 7.60. The van der Waals surface area contributed by atoms with Crippen LogP contribution in [0, 0.1) is 17.3 Å². The summed E-state index contributed by atoms with van der Waals surface area (Å²) in [6, 6.07) is 0.564. The van der Waals surface area contributed by atoms with Crippen molar-refractivity contribution in [2.24, 2.45) is 23.0 Å². The summed E-state index contributed by atoms with van der Waals surface area (Å²) in [5.74, 6) is 1.87. The van der Waals surface area contributed by atoms with E-state index in [1.54, 1.807) is 0 Å². The Labute approximate surface area is 69.4 Å². The van der Waals surface area contributed by atoms with Gasteiger partial charge in [0, 0.05) is 6.04 Å². The number of nitrogens with two attached hydrogens (primary N) is 1. The molecule has 2 aliphatic carbocycles. The van der Waals surface area contributed by atoms with Crippen molar-refractivity contribution in [3.8, 4) is 0 Å². The third-order valence-electron chi connectivity index (χ3n) is 3.50. The van der Waals surface area contributed by atoms with Crippen LogP contribution in [-0.2, 0) is 0 Å². The van der Waals surface area contributed by atoms with Crippen LogP contribution in [0.15, 0.2) is 0 Å². The zero-order chi connectivity index (χ0) is 8.06. The Balaban J connectivity index is 1.90. The average molecular weight is 153 g/mol. The zero-order valence-electron chi connectivity index (χ0n) is 7.64. The summed E-state index contributed by atoms with van der Waals surface area (Å²) in [6.07, 6.45) is 5.58. The monoisotopic (exact) mass is 153 g/mol.